The first-order chi connectivity index (χ1) is 13.6. The number of nitriles is 1. The molecule has 142 valence electrons. The maximum Gasteiger partial charge on any atom is 0.203 e. The lowest BCUT2D eigenvalue weighted by molar-refractivity contribution is 0.324. The zero-order chi connectivity index (χ0) is 20.1. The van der Waals surface area contributed by atoms with Crippen LogP contribution in [0.3, 0.4) is 0 Å². The molecule has 0 saturated heterocycles. The van der Waals surface area contributed by atoms with E-state index in [-0.39, 0.29) is 0 Å². The molecule has 0 saturated carbocycles. The number of ether oxygens (including phenoxy) is 3. The highest BCUT2D eigenvalue weighted by Gasteiger charge is 2.14. The number of benzene rings is 2. The molecule has 0 aliphatic carbocycles. The van der Waals surface area contributed by atoms with Crippen molar-refractivity contribution in [2.24, 2.45) is 0 Å². The van der Waals surface area contributed by atoms with Gasteiger partial charge in [-0.25, -0.2) is 4.98 Å². The average Bonchev–Trinajstić information content (AvgIpc) is 3.21. The van der Waals surface area contributed by atoms with Gasteiger partial charge < -0.3 is 14.2 Å². The fraction of sp³-hybridized carbons (Fsp3) is 0.143. The average molecular weight is 457 g/mol. The first-order valence-corrected chi connectivity index (χ1v) is 9.90. The molecule has 5 nitrogen and oxygen atoms in total. The lowest BCUT2D eigenvalue weighted by Gasteiger charge is -2.13. The lowest BCUT2D eigenvalue weighted by Crippen LogP contribution is -1.95. The van der Waals surface area contributed by atoms with E-state index >= 15 is 0 Å². The molecule has 0 unspecified atom stereocenters. The Balaban J connectivity index is 2.01. The van der Waals surface area contributed by atoms with Crippen LogP contribution in [0.5, 0.6) is 17.2 Å². The largest absolute Gasteiger partial charge is 0.493 e. The van der Waals surface area contributed by atoms with Gasteiger partial charge in [-0.05, 0) is 35.9 Å². The maximum absolute atomic E-state index is 9.67. The van der Waals surface area contributed by atoms with Gasteiger partial charge in [0.15, 0.2) is 11.5 Å². The Kier molecular flexibility index (Phi) is 6.34. The van der Waals surface area contributed by atoms with Crippen molar-refractivity contribution < 1.29 is 14.2 Å². The summed E-state index contributed by atoms with van der Waals surface area (Å²) in [5.41, 5.74) is 3.03. The third-order valence-corrected chi connectivity index (χ3v) is 5.34. The van der Waals surface area contributed by atoms with Crippen molar-refractivity contribution in [3.63, 3.8) is 0 Å². The van der Waals surface area contributed by atoms with Crippen molar-refractivity contribution in [1.29, 1.82) is 5.26 Å². The molecular weight excluding hydrogens is 440 g/mol. The summed E-state index contributed by atoms with van der Waals surface area (Å²) in [6.07, 6.45) is 1.76. The van der Waals surface area contributed by atoms with Gasteiger partial charge in [0.1, 0.15) is 11.1 Å². The van der Waals surface area contributed by atoms with Crippen molar-refractivity contribution in [3.05, 3.63) is 56.8 Å². The monoisotopic (exact) mass is 456 g/mol. The Morgan fingerprint density at radius 1 is 1.11 bits per heavy atom. The van der Waals surface area contributed by atoms with Gasteiger partial charge in [0.25, 0.3) is 0 Å². The Morgan fingerprint density at radius 2 is 1.82 bits per heavy atom. The van der Waals surface area contributed by atoms with E-state index in [0.717, 1.165) is 21.3 Å². The van der Waals surface area contributed by atoms with Crippen molar-refractivity contribution in [3.8, 4) is 34.6 Å². The second kappa shape index (κ2) is 8.91. The molecule has 0 spiro atoms. The highest BCUT2D eigenvalue weighted by atomic mass is 79.9. The van der Waals surface area contributed by atoms with Crippen LogP contribution in [0.15, 0.2) is 46.3 Å². The first kappa shape index (κ1) is 19.9. The second-order valence-electron chi connectivity index (χ2n) is 5.68. The molecule has 0 N–H and O–H groups in total. The molecule has 0 atom stereocenters. The normalized spacial score (nSPS) is 11.0. The molecule has 0 bridgehead atoms. The van der Waals surface area contributed by atoms with E-state index in [2.05, 4.69) is 27.0 Å². The number of halogens is 1. The number of methoxy groups -OCH3 is 3. The van der Waals surface area contributed by atoms with Crippen LogP contribution < -0.4 is 14.2 Å². The van der Waals surface area contributed by atoms with E-state index < -0.39 is 0 Å². The zero-order valence-electron chi connectivity index (χ0n) is 15.5. The number of aromatic nitrogens is 1. The van der Waals surface area contributed by atoms with Gasteiger partial charge >= 0.3 is 0 Å². The van der Waals surface area contributed by atoms with Crippen LogP contribution in [0.1, 0.15) is 10.6 Å². The first-order valence-electron chi connectivity index (χ1n) is 8.23. The molecule has 1 aromatic heterocycles. The van der Waals surface area contributed by atoms with Crippen LogP contribution in [-0.2, 0) is 0 Å². The summed E-state index contributed by atoms with van der Waals surface area (Å²) in [7, 11) is 4.66. The fourth-order valence-electron chi connectivity index (χ4n) is 2.67. The van der Waals surface area contributed by atoms with Crippen LogP contribution in [0, 0.1) is 11.3 Å². The van der Waals surface area contributed by atoms with Gasteiger partial charge in [-0.3, -0.25) is 0 Å². The van der Waals surface area contributed by atoms with Gasteiger partial charge in [-0.1, -0.05) is 28.1 Å². The smallest absolute Gasteiger partial charge is 0.203 e. The molecule has 0 aliphatic rings. The Labute approximate surface area is 176 Å². The summed E-state index contributed by atoms with van der Waals surface area (Å²) < 4.78 is 17.1. The fourth-order valence-corrected chi connectivity index (χ4v) is 3.86. The van der Waals surface area contributed by atoms with E-state index in [9.17, 15) is 5.26 Å². The molecular formula is C21H17BrN2O3S. The maximum atomic E-state index is 9.67. The molecule has 1 heterocycles. The molecule has 3 aromatic rings. The van der Waals surface area contributed by atoms with Gasteiger partial charge in [0.05, 0.1) is 32.6 Å². The van der Waals surface area contributed by atoms with Crippen molar-refractivity contribution in [2.45, 2.75) is 0 Å². The summed E-state index contributed by atoms with van der Waals surface area (Å²) in [6, 6.07) is 13.7. The van der Waals surface area contributed by atoms with Crippen LogP contribution >= 0.6 is 27.3 Å². The van der Waals surface area contributed by atoms with Crippen LogP contribution in [0.4, 0.5) is 0 Å². The Hall–Kier alpha value is -2.82. The summed E-state index contributed by atoms with van der Waals surface area (Å²) in [5.74, 6) is 1.56. The topological polar surface area (TPSA) is 64.4 Å². The number of rotatable bonds is 6. The second-order valence-corrected chi connectivity index (χ2v) is 7.45. The van der Waals surface area contributed by atoms with E-state index in [0.29, 0.717) is 27.8 Å². The third-order valence-electron chi connectivity index (χ3n) is 3.97. The minimum Gasteiger partial charge on any atom is -0.493 e. The van der Waals surface area contributed by atoms with Crippen molar-refractivity contribution in [1.82, 2.24) is 4.98 Å². The Morgan fingerprint density at radius 3 is 2.39 bits per heavy atom. The SMILES string of the molecule is COc1cc(/C=C(\C#N)c2nc(-c3cccc(Br)c3)cs2)cc(OC)c1OC. The lowest BCUT2D eigenvalue weighted by atomic mass is 10.1. The molecule has 0 aliphatic heterocycles. The van der Waals surface area contributed by atoms with E-state index in [1.807, 2.05) is 29.6 Å². The quantitative estimate of drug-likeness (QED) is 0.447. The number of allylic oxidation sites excluding steroid dienone is 1. The van der Waals surface area contributed by atoms with E-state index in [1.165, 1.54) is 11.3 Å². The van der Waals surface area contributed by atoms with Crippen LogP contribution in [0.2, 0.25) is 0 Å². The number of hydrogen-bond donors (Lipinski definition) is 0. The summed E-state index contributed by atoms with van der Waals surface area (Å²) in [5, 5.41) is 12.3. The van der Waals surface area contributed by atoms with Gasteiger partial charge in [0, 0.05) is 15.4 Å². The number of thiazole rings is 1. The minimum atomic E-state index is 0.459. The van der Waals surface area contributed by atoms with E-state index in [1.54, 1.807) is 39.5 Å². The molecule has 3 rings (SSSR count). The molecule has 0 fully saturated rings. The standard InChI is InChI=1S/C21H17BrN2O3S/c1-25-18-8-13(9-19(26-2)20(18)27-3)7-15(11-23)21-24-17(12-28-21)14-5-4-6-16(22)10-14/h4-10,12H,1-3H3/b15-7+. The van der Waals surface area contributed by atoms with Crippen molar-refractivity contribution in [2.75, 3.05) is 21.3 Å². The van der Waals surface area contributed by atoms with Gasteiger partial charge in [-0.2, -0.15) is 5.26 Å². The summed E-state index contributed by atoms with van der Waals surface area (Å²) in [4.78, 5) is 4.63. The van der Waals surface area contributed by atoms with Crippen LogP contribution in [0.25, 0.3) is 22.9 Å². The number of nitrogens with zero attached hydrogens (tertiary/aromatic N) is 2. The van der Waals surface area contributed by atoms with Gasteiger partial charge in [0.2, 0.25) is 5.75 Å². The highest BCUT2D eigenvalue weighted by molar-refractivity contribution is 9.10. The summed E-state index contributed by atoms with van der Waals surface area (Å²) in [6.45, 7) is 0. The third kappa shape index (κ3) is 4.19. The van der Waals surface area contributed by atoms with Crippen LogP contribution in [-0.4, -0.2) is 26.3 Å². The number of hydrogen-bond acceptors (Lipinski definition) is 6. The molecule has 28 heavy (non-hydrogen) atoms. The predicted octanol–water partition coefficient (Wildman–Crippen LogP) is 5.66. The predicted molar refractivity (Wildman–Crippen MR) is 115 cm³/mol. The van der Waals surface area contributed by atoms with Crippen molar-refractivity contribution >= 4 is 38.9 Å². The minimum absolute atomic E-state index is 0.459. The molecule has 0 amide bonds. The summed E-state index contributed by atoms with van der Waals surface area (Å²) >= 11 is 4.90. The van der Waals surface area contributed by atoms with E-state index in [4.69, 9.17) is 14.2 Å². The molecule has 2 aromatic carbocycles. The molecule has 7 heteroatoms. The zero-order valence-corrected chi connectivity index (χ0v) is 17.9. The van der Waals surface area contributed by atoms with Gasteiger partial charge in [-0.15, -0.1) is 11.3 Å². The Bertz CT molecular complexity index is 1040. The highest BCUT2D eigenvalue weighted by Crippen LogP contribution is 2.39. The molecule has 0 radical (unpaired) electrons.